The van der Waals surface area contributed by atoms with Gasteiger partial charge in [-0.15, -0.1) is 0 Å². The number of hydrogen-bond acceptors (Lipinski definition) is 5. The molecule has 0 aromatic heterocycles. The van der Waals surface area contributed by atoms with E-state index >= 15 is 0 Å². The number of amides is 1. The summed E-state index contributed by atoms with van der Waals surface area (Å²) < 4.78 is 31.3. The number of ether oxygens (including phenoxy) is 1. The van der Waals surface area contributed by atoms with Crippen LogP contribution in [-0.2, 0) is 19.7 Å². The number of hydrogen-bond donors (Lipinski definition) is 3. The van der Waals surface area contributed by atoms with E-state index in [1.807, 2.05) is 4.72 Å². The summed E-state index contributed by atoms with van der Waals surface area (Å²) in [7, 11) is -4.17. The predicted octanol–water partition coefficient (Wildman–Crippen LogP) is 0.209. The molecule has 1 amide bonds. The first-order valence-electron chi connectivity index (χ1n) is 5.18. The minimum atomic E-state index is -4.17. The molecular weight excluding hydrogens is 264 g/mol. The molecule has 18 heavy (non-hydrogen) atoms. The van der Waals surface area contributed by atoms with Gasteiger partial charge >= 0.3 is 22.3 Å². The Morgan fingerprint density at radius 3 is 2.22 bits per heavy atom. The van der Waals surface area contributed by atoms with Crippen LogP contribution in [-0.4, -0.2) is 37.2 Å². The normalized spacial score (nSPS) is 12.3. The van der Waals surface area contributed by atoms with Crippen molar-refractivity contribution in [3.63, 3.8) is 0 Å². The molecule has 0 fully saturated rings. The first-order chi connectivity index (χ1) is 7.93. The van der Waals surface area contributed by atoms with Crippen molar-refractivity contribution in [1.82, 2.24) is 9.44 Å². The highest BCUT2D eigenvalue weighted by molar-refractivity contribution is 7.88. The zero-order valence-corrected chi connectivity index (χ0v) is 11.5. The lowest BCUT2D eigenvalue weighted by Gasteiger charge is -2.23. The Morgan fingerprint density at radius 2 is 1.83 bits per heavy atom. The van der Waals surface area contributed by atoms with Crippen LogP contribution in [0.2, 0.25) is 0 Å². The molecule has 8 nitrogen and oxygen atoms in total. The van der Waals surface area contributed by atoms with Crippen molar-refractivity contribution in [3.05, 3.63) is 0 Å². The van der Waals surface area contributed by atoms with E-state index < -0.39 is 40.3 Å². The summed E-state index contributed by atoms with van der Waals surface area (Å²) in [6.07, 6.45) is -2.01. The van der Waals surface area contributed by atoms with Gasteiger partial charge in [-0.3, -0.25) is 4.79 Å². The molecule has 0 aromatic carbocycles. The Balaban J connectivity index is 4.57. The maximum Gasteiger partial charge on any atom is 0.422 e. The van der Waals surface area contributed by atoms with E-state index in [0.717, 1.165) is 0 Å². The van der Waals surface area contributed by atoms with Crippen molar-refractivity contribution in [1.29, 1.82) is 0 Å². The van der Waals surface area contributed by atoms with Crippen LogP contribution in [0.3, 0.4) is 0 Å². The molecule has 0 aromatic rings. The number of rotatable bonds is 6. The summed E-state index contributed by atoms with van der Waals surface area (Å²) in [5, 5.41) is 8.60. The number of aliphatic carboxylic acids is 1. The van der Waals surface area contributed by atoms with Gasteiger partial charge in [-0.25, -0.2) is 9.52 Å². The highest BCUT2D eigenvalue weighted by Gasteiger charge is 2.28. The molecule has 0 unspecified atom stereocenters. The average Bonchev–Trinajstić information content (AvgIpc) is 1.92. The van der Waals surface area contributed by atoms with Crippen LogP contribution in [0, 0.1) is 0 Å². The van der Waals surface area contributed by atoms with Gasteiger partial charge in [0, 0.05) is 5.54 Å². The molecule has 0 rings (SSSR count). The van der Waals surface area contributed by atoms with E-state index in [-0.39, 0.29) is 0 Å². The Hall–Kier alpha value is -1.35. The van der Waals surface area contributed by atoms with E-state index in [9.17, 15) is 18.0 Å². The molecule has 0 aliphatic carbocycles. The van der Waals surface area contributed by atoms with Crippen molar-refractivity contribution in [3.8, 4) is 0 Å². The van der Waals surface area contributed by atoms with Crippen molar-refractivity contribution >= 4 is 22.3 Å². The zero-order valence-electron chi connectivity index (χ0n) is 10.7. The number of carbonyl (C=O) groups excluding carboxylic acids is 1. The van der Waals surface area contributed by atoms with Gasteiger partial charge in [0.05, 0.1) is 12.5 Å². The van der Waals surface area contributed by atoms with E-state index in [1.165, 1.54) is 13.8 Å². The maximum absolute atomic E-state index is 11.5. The molecule has 0 saturated carbocycles. The molecule has 0 atom stereocenters. The molecule has 0 saturated heterocycles. The third-order valence-electron chi connectivity index (χ3n) is 1.56. The summed E-state index contributed by atoms with van der Waals surface area (Å²) in [4.78, 5) is 21.6. The Morgan fingerprint density at radius 1 is 1.33 bits per heavy atom. The van der Waals surface area contributed by atoms with Gasteiger partial charge < -0.3 is 9.84 Å². The van der Waals surface area contributed by atoms with Crippen LogP contribution in [0.1, 0.15) is 34.1 Å². The van der Waals surface area contributed by atoms with E-state index in [2.05, 4.69) is 4.74 Å². The van der Waals surface area contributed by atoms with Crippen molar-refractivity contribution in [2.45, 2.75) is 45.8 Å². The second-order valence-corrected chi connectivity index (χ2v) is 6.03. The van der Waals surface area contributed by atoms with Crippen LogP contribution in [0.15, 0.2) is 0 Å². The fraction of sp³-hybridized carbons (Fsp3) is 0.778. The van der Waals surface area contributed by atoms with E-state index in [0.29, 0.717) is 0 Å². The molecule has 0 bridgehead atoms. The average molecular weight is 282 g/mol. The number of carboxylic acid groups (broad SMARTS) is 1. The summed E-state index contributed by atoms with van der Waals surface area (Å²) in [6.45, 7) is 5.89. The molecule has 3 N–H and O–H groups in total. The number of nitrogens with one attached hydrogen (secondary N) is 2. The maximum atomic E-state index is 11.5. The fourth-order valence-electron chi connectivity index (χ4n) is 1.15. The second kappa shape index (κ2) is 6.01. The minimum absolute atomic E-state index is 0.423. The lowest BCUT2D eigenvalue weighted by atomic mass is 10.0. The quantitative estimate of drug-likeness (QED) is 0.640. The van der Waals surface area contributed by atoms with Crippen LogP contribution in [0.25, 0.3) is 0 Å². The van der Waals surface area contributed by atoms with Crippen molar-refractivity contribution in [2.75, 3.05) is 0 Å². The van der Waals surface area contributed by atoms with Gasteiger partial charge in [0.2, 0.25) is 0 Å². The monoisotopic (exact) mass is 282 g/mol. The van der Waals surface area contributed by atoms with Crippen LogP contribution in [0.5, 0.6) is 0 Å². The van der Waals surface area contributed by atoms with Gasteiger partial charge in [-0.1, -0.05) is 0 Å². The first kappa shape index (κ1) is 16.6. The van der Waals surface area contributed by atoms with Crippen LogP contribution >= 0.6 is 0 Å². The van der Waals surface area contributed by atoms with Gasteiger partial charge in [0.15, 0.2) is 0 Å². The minimum Gasteiger partial charge on any atom is -0.481 e. The topological polar surface area (TPSA) is 122 Å². The Labute approximate surface area is 106 Å². The van der Waals surface area contributed by atoms with Crippen molar-refractivity contribution < 1.29 is 27.9 Å². The molecule has 106 valence electrons. The van der Waals surface area contributed by atoms with E-state index in [4.69, 9.17) is 5.11 Å². The fourth-order valence-corrected chi connectivity index (χ4v) is 2.27. The Kier molecular flexibility index (Phi) is 5.55. The SMILES string of the molecule is CC(C)OC(=O)NS(=O)(=O)NC(C)(C)CC(=O)O. The molecule has 0 spiro atoms. The van der Waals surface area contributed by atoms with Gasteiger partial charge in [-0.05, 0) is 27.7 Å². The lowest BCUT2D eigenvalue weighted by Crippen LogP contribution is -2.51. The highest BCUT2D eigenvalue weighted by Crippen LogP contribution is 2.09. The third kappa shape index (κ3) is 7.85. The van der Waals surface area contributed by atoms with Crippen LogP contribution in [0.4, 0.5) is 4.79 Å². The van der Waals surface area contributed by atoms with Gasteiger partial charge in [0.1, 0.15) is 0 Å². The summed E-state index contributed by atoms with van der Waals surface area (Å²) in [5.74, 6) is -1.16. The smallest absolute Gasteiger partial charge is 0.422 e. The number of carbonyl (C=O) groups is 2. The summed E-state index contributed by atoms with van der Waals surface area (Å²) in [6, 6.07) is 0. The standard InChI is InChI=1S/C9H18N2O6S/c1-6(2)17-8(14)10-18(15,16)11-9(3,4)5-7(12)13/h6,11H,5H2,1-4H3,(H,10,14)(H,12,13). The summed E-state index contributed by atoms with van der Waals surface area (Å²) >= 11 is 0. The largest absolute Gasteiger partial charge is 0.481 e. The molecular formula is C9H18N2O6S. The molecule has 0 aliphatic rings. The number of carboxylic acids is 1. The molecule has 9 heteroatoms. The molecule has 0 heterocycles. The zero-order chi connectivity index (χ0) is 14.6. The Bertz CT molecular complexity index is 415. The van der Waals surface area contributed by atoms with Gasteiger partial charge in [0.25, 0.3) is 0 Å². The molecule has 0 radical (unpaired) electrons. The first-order valence-corrected chi connectivity index (χ1v) is 6.66. The van der Waals surface area contributed by atoms with E-state index in [1.54, 1.807) is 18.6 Å². The lowest BCUT2D eigenvalue weighted by molar-refractivity contribution is -0.138. The van der Waals surface area contributed by atoms with Crippen LogP contribution < -0.4 is 9.44 Å². The second-order valence-electron chi connectivity index (χ2n) is 4.62. The predicted molar refractivity (Wildman–Crippen MR) is 63.1 cm³/mol. The summed E-state index contributed by atoms with van der Waals surface area (Å²) in [5.41, 5.74) is -1.23. The van der Waals surface area contributed by atoms with Crippen molar-refractivity contribution in [2.24, 2.45) is 0 Å². The third-order valence-corrected chi connectivity index (χ3v) is 2.82. The molecule has 0 aliphatic heterocycles. The van der Waals surface area contributed by atoms with Gasteiger partial charge in [-0.2, -0.15) is 13.1 Å². The highest BCUT2D eigenvalue weighted by atomic mass is 32.2.